The van der Waals surface area contributed by atoms with E-state index in [0.29, 0.717) is 28.3 Å². The normalized spacial score (nSPS) is 21.0. The minimum Gasteiger partial charge on any atom is -0.460 e. The van der Waals surface area contributed by atoms with Gasteiger partial charge in [0.05, 0.1) is 11.7 Å². The summed E-state index contributed by atoms with van der Waals surface area (Å²) in [5.74, 6) is -0.394. The number of carbonyl (C=O) groups excluding carboxylic acids is 2. The van der Waals surface area contributed by atoms with Gasteiger partial charge >= 0.3 is 5.97 Å². The van der Waals surface area contributed by atoms with Gasteiger partial charge in [-0.3, -0.25) is 4.79 Å². The fourth-order valence-corrected chi connectivity index (χ4v) is 3.90. The second kappa shape index (κ2) is 5.20. The van der Waals surface area contributed by atoms with Gasteiger partial charge in [-0.15, -0.1) is 0 Å². The minimum atomic E-state index is -1.39. The zero-order chi connectivity index (χ0) is 18.8. The Labute approximate surface area is 150 Å². The van der Waals surface area contributed by atoms with E-state index in [1.807, 2.05) is 24.3 Å². The van der Waals surface area contributed by atoms with Crippen LogP contribution in [0, 0.1) is 0 Å². The Bertz CT molecular complexity index is 988. The van der Waals surface area contributed by atoms with E-state index in [4.69, 9.17) is 14.9 Å². The molecule has 26 heavy (non-hydrogen) atoms. The molecule has 0 fully saturated rings. The number of nitrogens with two attached hydrogens (primary N) is 1. The highest BCUT2D eigenvalue weighted by Crippen LogP contribution is 2.57. The van der Waals surface area contributed by atoms with Crippen molar-refractivity contribution in [2.75, 3.05) is 12.8 Å². The highest BCUT2D eigenvalue weighted by molar-refractivity contribution is 6.14. The number of hydrogen-bond acceptors (Lipinski definition) is 6. The zero-order valence-electron chi connectivity index (χ0n) is 15.0. The first-order valence-electron chi connectivity index (χ1n) is 8.37. The molecule has 1 aliphatic heterocycles. The molecule has 1 aromatic heterocycles. The van der Waals surface area contributed by atoms with Crippen LogP contribution in [0.4, 0.5) is 6.01 Å². The quantitative estimate of drug-likeness (QED) is 0.831. The number of aromatic nitrogens is 1. The molecule has 4 rings (SSSR count). The lowest BCUT2D eigenvalue weighted by Crippen LogP contribution is -2.41. The lowest BCUT2D eigenvalue weighted by atomic mass is 9.74. The van der Waals surface area contributed by atoms with Crippen LogP contribution in [0.1, 0.15) is 32.0 Å². The van der Waals surface area contributed by atoms with Gasteiger partial charge in [-0.05, 0) is 26.3 Å². The van der Waals surface area contributed by atoms with Crippen LogP contribution >= 0.6 is 0 Å². The van der Waals surface area contributed by atoms with Crippen LogP contribution in [0.25, 0.3) is 11.3 Å². The summed E-state index contributed by atoms with van der Waals surface area (Å²) in [6.45, 7) is 5.26. The van der Waals surface area contributed by atoms with Gasteiger partial charge in [0.25, 0.3) is 6.01 Å². The number of nitrogen functional groups attached to an aromatic ring is 1. The number of anilines is 1. The number of amides is 1. The molecule has 0 saturated heterocycles. The van der Waals surface area contributed by atoms with Gasteiger partial charge in [0.1, 0.15) is 5.69 Å². The summed E-state index contributed by atoms with van der Waals surface area (Å²) < 4.78 is 11.0. The number of benzene rings is 1. The second-order valence-electron chi connectivity index (χ2n) is 6.80. The predicted molar refractivity (Wildman–Crippen MR) is 93.8 cm³/mol. The Morgan fingerprint density at radius 2 is 2.04 bits per heavy atom. The molecule has 0 saturated carbocycles. The smallest absolute Gasteiger partial charge is 0.337 e. The Morgan fingerprint density at radius 1 is 1.35 bits per heavy atom. The molecule has 0 bridgehead atoms. The number of ether oxygens (including phenoxy) is 1. The molecule has 134 valence electrons. The molecule has 7 heteroatoms. The van der Waals surface area contributed by atoms with Gasteiger partial charge in [0.15, 0.2) is 11.2 Å². The van der Waals surface area contributed by atoms with E-state index in [9.17, 15) is 9.59 Å². The molecular weight excluding hydrogens is 334 g/mol. The van der Waals surface area contributed by atoms with Gasteiger partial charge in [0.2, 0.25) is 5.91 Å². The SMILES string of the molecule is CC1=C(C(=O)OC(C)C)[C@]2(C(=O)N1C)c1ccccc1-c1oc(N)nc12. The number of likely N-dealkylation sites (N-methyl/N-ethyl adjacent to an activating group) is 1. The molecule has 2 heterocycles. The van der Waals surface area contributed by atoms with Gasteiger partial charge in [-0.2, -0.15) is 4.98 Å². The molecule has 2 aromatic rings. The van der Waals surface area contributed by atoms with Crippen LogP contribution in [0.2, 0.25) is 0 Å². The average molecular weight is 353 g/mol. The fraction of sp³-hybridized carbons (Fsp3) is 0.316. The van der Waals surface area contributed by atoms with Crippen molar-refractivity contribution in [2.24, 2.45) is 0 Å². The van der Waals surface area contributed by atoms with Crippen molar-refractivity contribution in [1.29, 1.82) is 0 Å². The van der Waals surface area contributed by atoms with E-state index in [1.165, 1.54) is 4.90 Å². The number of hydrogen-bond donors (Lipinski definition) is 1. The molecule has 0 radical (unpaired) electrons. The van der Waals surface area contributed by atoms with E-state index >= 15 is 0 Å². The molecule has 2 N–H and O–H groups in total. The van der Waals surface area contributed by atoms with Gasteiger partial charge in [0, 0.05) is 18.3 Å². The Kier molecular flexibility index (Phi) is 3.28. The van der Waals surface area contributed by atoms with Crippen LogP contribution in [-0.2, 0) is 19.7 Å². The second-order valence-corrected chi connectivity index (χ2v) is 6.80. The number of carbonyl (C=O) groups is 2. The van der Waals surface area contributed by atoms with Crippen molar-refractivity contribution < 1.29 is 18.7 Å². The number of nitrogens with zero attached hydrogens (tertiary/aromatic N) is 2. The summed E-state index contributed by atoms with van der Waals surface area (Å²) in [6, 6.07) is 7.27. The van der Waals surface area contributed by atoms with Crippen LogP contribution in [0.5, 0.6) is 0 Å². The zero-order valence-corrected chi connectivity index (χ0v) is 15.0. The van der Waals surface area contributed by atoms with Crippen LogP contribution in [0.3, 0.4) is 0 Å². The van der Waals surface area contributed by atoms with Crippen molar-refractivity contribution in [1.82, 2.24) is 9.88 Å². The third-order valence-corrected chi connectivity index (χ3v) is 4.99. The van der Waals surface area contributed by atoms with Crippen molar-refractivity contribution in [3.05, 3.63) is 46.8 Å². The highest BCUT2D eigenvalue weighted by atomic mass is 16.5. The van der Waals surface area contributed by atoms with Gasteiger partial charge in [-0.1, -0.05) is 24.3 Å². The summed E-state index contributed by atoms with van der Waals surface area (Å²) in [7, 11) is 1.64. The third kappa shape index (κ3) is 1.80. The van der Waals surface area contributed by atoms with Crippen molar-refractivity contribution in [2.45, 2.75) is 32.3 Å². The molecule has 2 aliphatic rings. The molecule has 1 atom stereocenters. The highest BCUT2D eigenvalue weighted by Gasteiger charge is 2.63. The molecule has 1 aliphatic carbocycles. The summed E-state index contributed by atoms with van der Waals surface area (Å²) in [6.07, 6.45) is -0.320. The summed E-state index contributed by atoms with van der Waals surface area (Å²) in [4.78, 5) is 32.2. The van der Waals surface area contributed by atoms with Crippen molar-refractivity contribution >= 4 is 17.9 Å². The minimum absolute atomic E-state index is 0.0412. The monoisotopic (exact) mass is 353 g/mol. The lowest BCUT2D eigenvalue weighted by Gasteiger charge is -2.26. The van der Waals surface area contributed by atoms with Crippen molar-refractivity contribution in [3.8, 4) is 11.3 Å². The maximum absolute atomic E-state index is 13.4. The van der Waals surface area contributed by atoms with E-state index in [0.717, 1.165) is 0 Å². The average Bonchev–Trinajstić information content (AvgIpc) is 3.14. The Balaban J connectivity index is 2.07. The number of fused-ring (bicyclic) bond motifs is 5. The van der Waals surface area contributed by atoms with E-state index in [1.54, 1.807) is 27.8 Å². The largest absolute Gasteiger partial charge is 0.460 e. The number of esters is 1. The molecule has 7 nitrogen and oxygen atoms in total. The first kappa shape index (κ1) is 16.4. The van der Waals surface area contributed by atoms with Crippen LogP contribution in [0.15, 0.2) is 40.0 Å². The summed E-state index contributed by atoms with van der Waals surface area (Å²) in [5.41, 5.74) is 6.89. The Hall–Kier alpha value is -3.09. The first-order valence-corrected chi connectivity index (χ1v) is 8.37. The van der Waals surface area contributed by atoms with Crippen molar-refractivity contribution in [3.63, 3.8) is 0 Å². The number of rotatable bonds is 2. The predicted octanol–water partition coefficient (Wildman–Crippen LogP) is 2.22. The first-order chi connectivity index (χ1) is 12.3. The van der Waals surface area contributed by atoms with Gasteiger partial charge < -0.3 is 19.8 Å². The van der Waals surface area contributed by atoms with E-state index in [2.05, 4.69) is 4.98 Å². The van der Waals surface area contributed by atoms with E-state index in [-0.39, 0.29) is 23.6 Å². The number of oxazole rings is 1. The van der Waals surface area contributed by atoms with Crippen LogP contribution < -0.4 is 5.73 Å². The van der Waals surface area contributed by atoms with Crippen LogP contribution in [-0.4, -0.2) is 34.9 Å². The van der Waals surface area contributed by atoms with Gasteiger partial charge in [-0.25, -0.2) is 4.79 Å². The molecular formula is C19H19N3O4. The molecule has 1 spiro atoms. The topological polar surface area (TPSA) is 98.7 Å². The van der Waals surface area contributed by atoms with E-state index < -0.39 is 11.4 Å². The lowest BCUT2D eigenvalue weighted by molar-refractivity contribution is -0.144. The maximum atomic E-state index is 13.4. The standard InChI is InChI=1S/C19H19N3O4/c1-9(2)25-16(23)13-10(3)22(4)17(24)19(13)12-8-6-5-7-11(12)14-15(19)21-18(20)26-14/h5-9H,1-4H3,(H2,20,21)/t19-/m1/s1. The Morgan fingerprint density at radius 3 is 2.73 bits per heavy atom. The third-order valence-electron chi connectivity index (χ3n) is 4.99. The summed E-state index contributed by atoms with van der Waals surface area (Å²) in [5, 5.41) is 0. The molecule has 1 amide bonds. The molecule has 1 aromatic carbocycles. The maximum Gasteiger partial charge on any atom is 0.337 e. The molecule has 0 unspecified atom stereocenters. The summed E-state index contributed by atoms with van der Waals surface area (Å²) >= 11 is 0. The fourth-order valence-electron chi connectivity index (χ4n) is 3.90. The number of allylic oxidation sites excluding steroid dienone is 1.